The molecule has 1 aliphatic heterocycles. The number of aliphatic hydroxyl groups excluding tert-OH is 1. The highest BCUT2D eigenvalue weighted by Gasteiger charge is 2.31. The zero-order valence-corrected chi connectivity index (χ0v) is 10.1. The number of likely N-dealkylation sites (tertiary alicyclic amines) is 1. The number of rotatable bonds is 2. The maximum Gasteiger partial charge on any atom is 0.144 e. The molecule has 2 unspecified atom stereocenters. The molecule has 1 aromatic carbocycles. The number of likely N-dealkylation sites (N-methyl/N-ethyl adjacent to an activating group) is 1. The first-order valence-electron chi connectivity index (χ1n) is 4.97. The van der Waals surface area contributed by atoms with Crippen molar-refractivity contribution in [3.05, 3.63) is 28.7 Å². The van der Waals surface area contributed by atoms with Gasteiger partial charge in [-0.25, -0.2) is 0 Å². The van der Waals surface area contributed by atoms with E-state index in [0.717, 1.165) is 23.2 Å². The minimum atomic E-state index is -0.492. The third kappa shape index (κ3) is 2.51. The normalized spacial score (nSPS) is 26.9. The highest BCUT2D eigenvalue weighted by atomic mass is 79.9. The minimum absolute atomic E-state index is 0.115. The van der Waals surface area contributed by atoms with E-state index < -0.39 is 6.23 Å². The Morgan fingerprint density at radius 3 is 2.60 bits per heavy atom. The summed E-state index contributed by atoms with van der Waals surface area (Å²) < 4.78 is 6.73. The zero-order chi connectivity index (χ0) is 10.8. The maximum absolute atomic E-state index is 9.77. The van der Waals surface area contributed by atoms with Gasteiger partial charge in [-0.3, -0.25) is 4.90 Å². The summed E-state index contributed by atoms with van der Waals surface area (Å²) in [6.07, 6.45) is 0.262. The molecule has 0 aromatic heterocycles. The first kappa shape index (κ1) is 10.9. The standard InChI is InChI=1S/C11H14BrNO2/c1-13-7-6-10(11(13)14)15-9-4-2-8(12)3-5-9/h2-5,10-11,14H,6-7H2,1H3. The van der Waals surface area contributed by atoms with Crippen molar-refractivity contribution in [1.29, 1.82) is 0 Å². The van der Waals surface area contributed by atoms with E-state index in [9.17, 15) is 5.11 Å². The molecule has 2 rings (SSSR count). The highest BCUT2D eigenvalue weighted by Crippen LogP contribution is 2.22. The quantitative estimate of drug-likeness (QED) is 0.891. The van der Waals surface area contributed by atoms with Crippen LogP contribution in [0.3, 0.4) is 0 Å². The van der Waals surface area contributed by atoms with E-state index in [1.165, 1.54) is 0 Å². The van der Waals surface area contributed by atoms with Gasteiger partial charge in [0.05, 0.1) is 0 Å². The fraction of sp³-hybridized carbons (Fsp3) is 0.455. The van der Waals surface area contributed by atoms with Gasteiger partial charge in [0, 0.05) is 17.4 Å². The number of halogens is 1. The molecule has 4 heteroatoms. The van der Waals surface area contributed by atoms with E-state index in [1.54, 1.807) is 0 Å². The Hall–Kier alpha value is -0.580. The summed E-state index contributed by atoms with van der Waals surface area (Å²) in [5.41, 5.74) is 0. The average molecular weight is 272 g/mol. The Morgan fingerprint density at radius 2 is 2.07 bits per heavy atom. The van der Waals surface area contributed by atoms with Gasteiger partial charge in [-0.05, 0) is 31.3 Å². The third-order valence-corrected chi connectivity index (χ3v) is 3.18. The molecular formula is C11H14BrNO2. The zero-order valence-electron chi connectivity index (χ0n) is 8.56. The van der Waals surface area contributed by atoms with Crippen LogP contribution in [-0.4, -0.2) is 35.9 Å². The fourth-order valence-electron chi connectivity index (χ4n) is 1.70. The molecule has 15 heavy (non-hydrogen) atoms. The molecule has 0 saturated carbocycles. The first-order chi connectivity index (χ1) is 7.16. The van der Waals surface area contributed by atoms with Crippen LogP contribution < -0.4 is 4.74 Å². The van der Waals surface area contributed by atoms with Crippen molar-refractivity contribution in [2.75, 3.05) is 13.6 Å². The number of ether oxygens (including phenoxy) is 1. The van der Waals surface area contributed by atoms with Crippen LogP contribution in [0.4, 0.5) is 0 Å². The summed E-state index contributed by atoms with van der Waals surface area (Å²) in [4.78, 5) is 1.89. The van der Waals surface area contributed by atoms with Crippen LogP contribution in [0.25, 0.3) is 0 Å². The van der Waals surface area contributed by atoms with Crippen molar-refractivity contribution in [1.82, 2.24) is 4.90 Å². The van der Waals surface area contributed by atoms with Crippen LogP contribution in [0.5, 0.6) is 5.75 Å². The predicted molar refractivity (Wildman–Crippen MR) is 61.8 cm³/mol. The number of nitrogens with zero attached hydrogens (tertiary/aromatic N) is 1. The second-order valence-corrected chi connectivity index (χ2v) is 4.71. The molecule has 0 bridgehead atoms. The number of hydrogen-bond donors (Lipinski definition) is 1. The van der Waals surface area contributed by atoms with Crippen molar-refractivity contribution in [3.63, 3.8) is 0 Å². The largest absolute Gasteiger partial charge is 0.486 e. The van der Waals surface area contributed by atoms with Crippen LogP contribution in [0.15, 0.2) is 28.7 Å². The molecule has 82 valence electrons. The molecule has 0 amide bonds. The van der Waals surface area contributed by atoms with Gasteiger partial charge >= 0.3 is 0 Å². The van der Waals surface area contributed by atoms with Crippen molar-refractivity contribution >= 4 is 15.9 Å². The number of hydrogen-bond acceptors (Lipinski definition) is 3. The Balaban J connectivity index is 2.00. The van der Waals surface area contributed by atoms with E-state index in [4.69, 9.17) is 4.74 Å². The Bertz CT molecular complexity index is 328. The van der Waals surface area contributed by atoms with E-state index in [-0.39, 0.29) is 6.10 Å². The summed E-state index contributed by atoms with van der Waals surface area (Å²) in [7, 11) is 1.90. The summed E-state index contributed by atoms with van der Waals surface area (Å²) in [5, 5.41) is 9.77. The van der Waals surface area contributed by atoms with Crippen molar-refractivity contribution in [2.45, 2.75) is 18.8 Å². The summed E-state index contributed by atoms with van der Waals surface area (Å²) in [5.74, 6) is 0.803. The van der Waals surface area contributed by atoms with E-state index in [1.807, 2.05) is 36.2 Å². The third-order valence-electron chi connectivity index (χ3n) is 2.65. The van der Waals surface area contributed by atoms with Crippen LogP contribution in [0.2, 0.25) is 0 Å². The lowest BCUT2D eigenvalue weighted by molar-refractivity contribution is -0.0135. The van der Waals surface area contributed by atoms with Gasteiger partial charge in [-0.2, -0.15) is 0 Å². The lowest BCUT2D eigenvalue weighted by atomic mass is 10.3. The molecule has 0 aliphatic carbocycles. The van der Waals surface area contributed by atoms with Crippen molar-refractivity contribution in [3.8, 4) is 5.75 Å². The first-order valence-corrected chi connectivity index (χ1v) is 5.76. The molecule has 1 heterocycles. The van der Waals surface area contributed by atoms with Gasteiger partial charge in [-0.1, -0.05) is 15.9 Å². The predicted octanol–water partition coefficient (Wildman–Crippen LogP) is 1.85. The monoisotopic (exact) mass is 271 g/mol. The fourth-order valence-corrected chi connectivity index (χ4v) is 1.97. The maximum atomic E-state index is 9.77. The molecule has 0 spiro atoms. The molecule has 1 aliphatic rings. The van der Waals surface area contributed by atoms with Gasteiger partial charge in [0.15, 0.2) is 0 Å². The lowest BCUT2D eigenvalue weighted by Gasteiger charge is -2.20. The second-order valence-electron chi connectivity index (χ2n) is 3.79. The average Bonchev–Trinajstić information content (AvgIpc) is 2.53. The molecule has 0 radical (unpaired) electrons. The van der Waals surface area contributed by atoms with Gasteiger partial charge in [0.25, 0.3) is 0 Å². The minimum Gasteiger partial charge on any atom is -0.486 e. The Kier molecular flexibility index (Phi) is 3.29. The van der Waals surface area contributed by atoms with Crippen LogP contribution in [0, 0.1) is 0 Å². The smallest absolute Gasteiger partial charge is 0.144 e. The number of benzene rings is 1. The van der Waals surface area contributed by atoms with Crippen molar-refractivity contribution < 1.29 is 9.84 Å². The SMILES string of the molecule is CN1CCC(Oc2ccc(Br)cc2)C1O. The van der Waals surface area contributed by atoms with E-state index >= 15 is 0 Å². The lowest BCUT2D eigenvalue weighted by Crippen LogP contribution is -2.34. The highest BCUT2D eigenvalue weighted by molar-refractivity contribution is 9.10. The van der Waals surface area contributed by atoms with Gasteiger partial charge in [-0.15, -0.1) is 0 Å². The van der Waals surface area contributed by atoms with Crippen molar-refractivity contribution in [2.24, 2.45) is 0 Å². The van der Waals surface area contributed by atoms with E-state index in [0.29, 0.717) is 0 Å². The van der Waals surface area contributed by atoms with Crippen LogP contribution >= 0.6 is 15.9 Å². The summed E-state index contributed by atoms with van der Waals surface area (Å²) in [6.45, 7) is 0.877. The number of aliphatic hydroxyl groups is 1. The molecule has 1 N–H and O–H groups in total. The molecule has 1 saturated heterocycles. The Labute approximate surface area is 97.8 Å². The van der Waals surface area contributed by atoms with Gasteiger partial charge in [0.1, 0.15) is 18.1 Å². The van der Waals surface area contributed by atoms with Crippen LogP contribution in [0.1, 0.15) is 6.42 Å². The summed E-state index contributed by atoms with van der Waals surface area (Å²) >= 11 is 3.37. The topological polar surface area (TPSA) is 32.7 Å². The van der Waals surface area contributed by atoms with Crippen LogP contribution in [-0.2, 0) is 0 Å². The molecule has 1 aromatic rings. The molecular weight excluding hydrogens is 258 g/mol. The van der Waals surface area contributed by atoms with E-state index in [2.05, 4.69) is 15.9 Å². The molecule has 1 fully saturated rings. The van der Waals surface area contributed by atoms with Gasteiger partial charge < -0.3 is 9.84 Å². The molecule has 2 atom stereocenters. The Morgan fingerprint density at radius 1 is 1.40 bits per heavy atom. The summed E-state index contributed by atoms with van der Waals surface area (Å²) in [6, 6.07) is 7.66. The second kappa shape index (κ2) is 4.51. The molecule has 3 nitrogen and oxygen atoms in total. The van der Waals surface area contributed by atoms with Gasteiger partial charge in [0.2, 0.25) is 0 Å².